The van der Waals surface area contributed by atoms with Gasteiger partial charge < -0.3 is 15.0 Å². The quantitative estimate of drug-likeness (QED) is 0.638. The Kier molecular flexibility index (Phi) is 6.45. The molecule has 4 rings (SSSR count). The van der Waals surface area contributed by atoms with E-state index in [-0.39, 0.29) is 35.9 Å². The molecule has 8 nitrogen and oxygen atoms in total. The number of sulfonamides is 1. The van der Waals surface area contributed by atoms with Crippen LogP contribution in [0.15, 0.2) is 47.4 Å². The van der Waals surface area contributed by atoms with Gasteiger partial charge in [0.2, 0.25) is 21.8 Å². The monoisotopic (exact) mass is 471 g/mol. The molecule has 1 saturated carbocycles. The first-order valence-corrected chi connectivity index (χ1v) is 12.5. The molecule has 1 aliphatic carbocycles. The van der Waals surface area contributed by atoms with E-state index in [1.165, 1.54) is 13.1 Å². The first-order valence-electron chi connectivity index (χ1n) is 11.0. The van der Waals surface area contributed by atoms with Crippen molar-refractivity contribution < 1.29 is 22.7 Å². The van der Waals surface area contributed by atoms with Gasteiger partial charge in [0.25, 0.3) is 0 Å². The maximum absolute atomic E-state index is 13.1. The standard InChI is InChI=1S/C24H29N3O5S/c1-16-12-19-13-20(10-11-21(19)27(16)24(29)17-8-9-17)33(30,31)26(2)15-23(28)25-14-18-6-4-5-7-22(18)32-3/h4-7,10-11,13,16-17H,8-9,12,14-15H2,1-3H3,(H,25,28)/t16-/m1/s1. The maximum atomic E-state index is 13.1. The van der Waals surface area contributed by atoms with Gasteiger partial charge in [0.15, 0.2) is 0 Å². The Morgan fingerprint density at radius 1 is 1.18 bits per heavy atom. The molecule has 1 aliphatic heterocycles. The van der Waals surface area contributed by atoms with E-state index in [2.05, 4.69) is 5.32 Å². The molecule has 1 heterocycles. The van der Waals surface area contributed by atoms with E-state index in [0.29, 0.717) is 12.2 Å². The van der Waals surface area contributed by atoms with E-state index in [4.69, 9.17) is 4.74 Å². The van der Waals surface area contributed by atoms with Gasteiger partial charge in [-0.2, -0.15) is 4.31 Å². The number of carbonyl (C=O) groups is 2. The van der Waals surface area contributed by atoms with Gasteiger partial charge in [-0.25, -0.2) is 8.42 Å². The molecular formula is C24H29N3O5S. The van der Waals surface area contributed by atoms with Gasteiger partial charge in [-0.15, -0.1) is 0 Å². The van der Waals surface area contributed by atoms with Gasteiger partial charge in [0, 0.05) is 36.8 Å². The largest absolute Gasteiger partial charge is 0.496 e. The number of hydrogen-bond acceptors (Lipinski definition) is 5. The highest BCUT2D eigenvalue weighted by molar-refractivity contribution is 7.89. The molecule has 2 amide bonds. The molecule has 0 aromatic heterocycles. The molecule has 1 fully saturated rings. The maximum Gasteiger partial charge on any atom is 0.243 e. The summed E-state index contributed by atoms with van der Waals surface area (Å²) in [4.78, 5) is 27.0. The third-order valence-electron chi connectivity index (χ3n) is 6.17. The van der Waals surface area contributed by atoms with Crippen LogP contribution in [0.1, 0.15) is 30.9 Å². The lowest BCUT2D eigenvalue weighted by Gasteiger charge is -2.23. The first-order chi connectivity index (χ1) is 15.7. The molecule has 2 aromatic rings. The van der Waals surface area contributed by atoms with Crippen LogP contribution < -0.4 is 15.0 Å². The molecule has 9 heteroatoms. The van der Waals surface area contributed by atoms with E-state index in [9.17, 15) is 18.0 Å². The van der Waals surface area contributed by atoms with Crippen LogP contribution in [0.4, 0.5) is 5.69 Å². The lowest BCUT2D eigenvalue weighted by Crippen LogP contribution is -2.38. The topological polar surface area (TPSA) is 96.0 Å². The highest BCUT2D eigenvalue weighted by Crippen LogP contribution is 2.39. The number of carbonyl (C=O) groups excluding carboxylic acids is 2. The number of methoxy groups -OCH3 is 1. The van der Waals surface area contributed by atoms with Crippen LogP contribution in [-0.2, 0) is 32.6 Å². The minimum Gasteiger partial charge on any atom is -0.496 e. The molecule has 0 saturated heterocycles. The zero-order valence-electron chi connectivity index (χ0n) is 19.1. The summed E-state index contributed by atoms with van der Waals surface area (Å²) in [7, 11) is -0.926. The number of rotatable bonds is 8. The van der Waals surface area contributed by atoms with Gasteiger partial charge >= 0.3 is 0 Å². The fourth-order valence-corrected chi connectivity index (χ4v) is 5.37. The number of fused-ring (bicyclic) bond motifs is 1. The van der Waals surface area contributed by atoms with Crippen LogP contribution in [0, 0.1) is 5.92 Å². The average molecular weight is 472 g/mol. The van der Waals surface area contributed by atoms with Gasteiger partial charge in [0.05, 0.1) is 18.6 Å². The van der Waals surface area contributed by atoms with Crippen LogP contribution in [0.2, 0.25) is 0 Å². The highest BCUT2D eigenvalue weighted by Gasteiger charge is 2.40. The van der Waals surface area contributed by atoms with E-state index in [1.54, 1.807) is 30.2 Å². The summed E-state index contributed by atoms with van der Waals surface area (Å²) in [5.41, 5.74) is 2.43. The summed E-state index contributed by atoms with van der Waals surface area (Å²) in [5, 5.41) is 2.74. The van der Waals surface area contributed by atoms with Crippen molar-refractivity contribution in [2.45, 2.75) is 43.7 Å². The third kappa shape index (κ3) is 4.74. The predicted molar refractivity (Wildman–Crippen MR) is 124 cm³/mol. The summed E-state index contributed by atoms with van der Waals surface area (Å²) >= 11 is 0. The zero-order chi connectivity index (χ0) is 23.8. The number of benzene rings is 2. The molecule has 0 bridgehead atoms. The van der Waals surface area contributed by atoms with Crippen molar-refractivity contribution >= 4 is 27.5 Å². The van der Waals surface area contributed by atoms with E-state index < -0.39 is 15.9 Å². The van der Waals surface area contributed by atoms with E-state index in [1.807, 2.05) is 25.1 Å². The van der Waals surface area contributed by atoms with Gasteiger partial charge in [-0.1, -0.05) is 18.2 Å². The Balaban J connectivity index is 1.43. The minimum atomic E-state index is -3.87. The van der Waals surface area contributed by atoms with Crippen molar-refractivity contribution in [1.29, 1.82) is 0 Å². The molecule has 1 N–H and O–H groups in total. The second-order valence-corrected chi connectivity index (χ2v) is 10.7. The molecule has 0 unspecified atom stereocenters. The van der Waals surface area contributed by atoms with Crippen LogP contribution in [0.3, 0.4) is 0 Å². The lowest BCUT2D eigenvalue weighted by molar-refractivity contribution is -0.121. The van der Waals surface area contributed by atoms with Gasteiger partial charge in [-0.05, 0) is 56.0 Å². The second kappa shape index (κ2) is 9.15. The number of nitrogens with zero attached hydrogens (tertiary/aromatic N) is 2. The Morgan fingerprint density at radius 3 is 2.61 bits per heavy atom. The molecular weight excluding hydrogens is 442 g/mol. The molecule has 1 atom stereocenters. The van der Waals surface area contributed by atoms with E-state index in [0.717, 1.165) is 34.0 Å². The van der Waals surface area contributed by atoms with Crippen molar-refractivity contribution in [2.75, 3.05) is 25.6 Å². The number of hydrogen-bond donors (Lipinski definition) is 1. The summed E-state index contributed by atoms with van der Waals surface area (Å²) in [6, 6.07) is 12.2. The SMILES string of the molecule is COc1ccccc1CNC(=O)CN(C)S(=O)(=O)c1ccc2c(c1)C[C@@H](C)N2C(=O)C1CC1. The first kappa shape index (κ1) is 23.3. The van der Waals surface area contributed by atoms with Crippen molar-refractivity contribution in [3.63, 3.8) is 0 Å². The van der Waals surface area contributed by atoms with Crippen molar-refractivity contribution in [2.24, 2.45) is 5.92 Å². The molecule has 0 radical (unpaired) electrons. The average Bonchev–Trinajstić information content (AvgIpc) is 3.59. The number of para-hydroxylation sites is 1. The third-order valence-corrected chi connectivity index (χ3v) is 7.97. The molecule has 0 spiro atoms. The molecule has 33 heavy (non-hydrogen) atoms. The number of likely N-dealkylation sites (N-methyl/N-ethyl adjacent to an activating group) is 1. The lowest BCUT2D eigenvalue weighted by atomic mass is 10.1. The van der Waals surface area contributed by atoms with Crippen LogP contribution in [-0.4, -0.2) is 51.3 Å². The number of anilines is 1. The Morgan fingerprint density at radius 2 is 1.91 bits per heavy atom. The predicted octanol–water partition coefficient (Wildman–Crippen LogP) is 2.32. The normalized spacial score (nSPS) is 17.7. The Labute approximate surface area is 194 Å². The summed E-state index contributed by atoms with van der Waals surface area (Å²) in [6.07, 6.45) is 2.46. The fraction of sp³-hybridized carbons (Fsp3) is 0.417. The minimum absolute atomic E-state index is 0.00420. The smallest absolute Gasteiger partial charge is 0.243 e. The molecule has 2 aliphatic rings. The molecule has 2 aromatic carbocycles. The van der Waals surface area contributed by atoms with Crippen molar-refractivity contribution in [3.05, 3.63) is 53.6 Å². The van der Waals surface area contributed by atoms with E-state index >= 15 is 0 Å². The summed E-state index contributed by atoms with van der Waals surface area (Å²) in [5.74, 6) is 0.464. The van der Waals surface area contributed by atoms with Gasteiger partial charge in [-0.3, -0.25) is 9.59 Å². The number of amides is 2. The second-order valence-electron chi connectivity index (χ2n) is 8.68. The summed E-state index contributed by atoms with van der Waals surface area (Å²) in [6.45, 7) is 1.90. The zero-order valence-corrected chi connectivity index (χ0v) is 19.9. The Hall–Kier alpha value is -2.91. The molecule has 176 valence electrons. The number of ether oxygens (including phenoxy) is 1. The van der Waals surface area contributed by atoms with Gasteiger partial charge in [0.1, 0.15) is 5.75 Å². The highest BCUT2D eigenvalue weighted by atomic mass is 32.2. The Bertz CT molecular complexity index is 1180. The van der Waals surface area contributed by atoms with Crippen LogP contribution in [0.5, 0.6) is 5.75 Å². The number of nitrogens with one attached hydrogen (secondary N) is 1. The fourth-order valence-electron chi connectivity index (χ4n) is 4.20. The van der Waals surface area contributed by atoms with Crippen LogP contribution in [0.25, 0.3) is 0 Å². The van der Waals surface area contributed by atoms with Crippen molar-refractivity contribution in [1.82, 2.24) is 9.62 Å². The van der Waals surface area contributed by atoms with Crippen molar-refractivity contribution in [3.8, 4) is 5.75 Å². The van der Waals surface area contributed by atoms with Crippen LogP contribution >= 0.6 is 0 Å². The summed E-state index contributed by atoms with van der Waals surface area (Å²) < 4.78 is 32.5.